The number of carbonyl (C=O) groups is 1. The molecule has 1 aliphatic heterocycles. The molecule has 1 heterocycles. The summed E-state index contributed by atoms with van der Waals surface area (Å²) in [5.74, 6) is -2.07. The minimum atomic E-state index is -5.08. The normalized spacial score (nSPS) is 14.6. The molecule has 216 valence electrons. The van der Waals surface area contributed by atoms with Gasteiger partial charge in [-0.15, -0.1) is 0 Å². The van der Waals surface area contributed by atoms with Crippen molar-refractivity contribution in [3.05, 3.63) is 95.6 Å². The molecule has 1 aliphatic rings. The third-order valence-electron chi connectivity index (χ3n) is 6.80. The molecule has 3 aromatic rings. The summed E-state index contributed by atoms with van der Waals surface area (Å²) < 4.78 is 31.7. The lowest BCUT2D eigenvalue weighted by Crippen LogP contribution is -2.41. The molecule has 0 bridgehead atoms. The van der Waals surface area contributed by atoms with Gasteiger partial charge in [-0.1, -0.05) is 92.7 Å². The maximum absolute atomic E-state index is 10.6. The maximum Gasteiger partial charge on any atom is 0.490 e. The fourth-order valence-corrected chi connectivity index (χ4v) is 4.53. The number of alkyl halides is 3. The Morgan fingerprint density at radius 2 is 1.35 bits per heavy atom. The topological polar surface area (TPSA) is 64.6 Å². The third-order valence-corrected chi connectivity index (χ3v) is 6.80. The van der Waals surface area contributed by atoms with Crippen LogP contribution < -0.4 is 10.6 Å². The molecule has 3 N–H and O–H groups in total. The third kappa shape index (κ3) is 11.1. The molecular formula is C32H40F3N3O2. The Labute approximate surface area is 235 Å². The second-order valence-corrected chi connectivity index (χ2v) is 10.6. The fraction of sp³-hybridized carbons (Fsp3) is 0.406. The van der Waals surface area contributed by atoms with Crippen LogP contribution in [0.2, 0.25) is 0 Å². The summed E-state index contributed by atoms with van der Waals surface area (Å²) in [7, 11) is 0. The van der Waals surface area contributed by atoms with Crippen molar-refractivity contribution < 1.29 is 23.1 Å². The van der Waals surface area contributed by atoms with E-state index in [4.69, 9.17) is 9.90 Å². The SMILES string of the molecule is CC(C)CNCc1ccc(-c2ccc(CNC3CCN(Cc4ccccc4)CC3)cc2)cc1.O=C(O)C(F)(F)F. The van der Waals surface area contributed by atoms with Gasteiger partial charge >= 0.3 is 12.1 Å². The molecule has 0 radical (unpaired) electrons. The molecule has 1 fully saturated rings. The average molecular weight is 556 g/mol. The van der Waals surface area contributed by atoms with E-state index >= 15 is 0 Å². The van der Waals surface area contributed by atoms with Crippen LogP contribution in [-0.2, 0) is 24.4 Å². The second kappa shape index (κ2) is 15.6. The predicted octanol–water partition coefficient (Wildman–Crippen LogP) is 6.49. The average Bonchev–Trinajstić information content (AvgIpc) is 2.94. The van der Waals surface area contributed by atoms with Gasteiger partial charge in [0.15, 0.2) is 0 Å². The Kier molecular flexibility index (Phi) is 12.2. The van der Waals surface area contributed by atoms with Crippen molar-refractivity contribution in [3.8, 4) is 11.1 Å². The van der Waals surface area contributed by atoms with Crippen molar-refractivity contribution >= 4 is 5.97 Å². The lowest BCUT2D eigenvalue weighted by atomic mass is 10.0. The van der Waals surface area contributed by atoms with Gasteiger partial charge in [-0.2, -0.15) is 13.2 Å². The molecule has 1 saturated heterocycles. The van der Waals surface area contributed by atoms with Gasteiger partial charge in [-0.05, 0) is 66.2 Å². The van der Waals surface area contributed by atoms with Crippen LogP contribution in [-0.4, -0.2) is 47.8 Å². The standard InChI is InChI=1S/C30H39N3.C2HF3O2/c1-24(2)20-31-21-25-8-12-28(13-9-25)29-14-10-26(11-15-29)22-32-30-16-18-33(19-17-30)23-27-6-4-3-5-7-27;3-2(4,5)1(6)7/h3-15,24,30-32H,16-23H2,1-2H3;(H,6,7). The lowest BCUT2D eigenvalue weighted by Gasteiger charge is -2.32. The molecule has 0 saturated carbocycles. The van der Waals surface area contributed by atoms with Crippen molar-refractivity contribution in [3.63, 3.8) is 0 Å². The van der Waals surface area contributed by atoms with Crippen LogP contribution in [0.1, 0.15) is 43.4 Å². The van der Waals surface area contributed by atoms with Crippen LogP contribution in [0.15, 0.2) is 78.9 Å². The van der Waals surface area contributed by atoms with Gasteiger partial charge in [0, 0.05) is 25.7 Å². The summed E-state index contributed by atoms with van der Waals surface area (Å²) in [4.78, 5) is 11.5. The van der Waals surface area contributed by atoms with E-state index in [1.807, 2.05) is 0 Å². The highest BCUT2D eigenvalue weighted by Crippen LogP contribution is 2.21. The first-order chi connectivity index (χ1) is 19.1. The molecule has 5 nitrogen and oxygen atoms in total. The van der Waals surface area contributed by atoms with Crippen LogP contribution in [0.5, 0.6) is 0 Å². The number of benzene rings is 3. The molecule has 0 atom stereocenters. The van der Waals surface area contributed by atoms with Gasteiger partial charge in [0.25, 0.3) is 0 Å². The smallest absolute Gasteiger partial charge is 0.475 e. The zero-order valence-corrected chi connectivity index (χ0v) is 23.3. The van der Waals surface area contributed by atoms with E-state index in [2.05, 4.69) is 108 Å². The second-order valence-electron chi connectivity index (χ2n) is 10.6. The number of hydrogen-bond acceptors (Lipinski definition) is 4. The van der Waals surface area contributed by atoms with Crippen LogP contribution in [0.4, 0.5) is 13.2 Å². The first-order valence-electron chi connectivity index (χ1n) is 13.8. The fourth-order valence-electron chi connectivity index (χ4n) is 4.53. The van der Waals surface area contributed by atoms with Crippen LogP contribution in [0.3, 0.4) is 0 Å². The summed E-state index contributed by atoms with van der Waals surface area (Å²) >= 11 is 0. The first kappa shape index (κ1) is 31.3. The zero-order chi connectivity index (χ0) is 29.0. The van der Waals surface area contributed by atoms with E-state index in [9.17, 15) is 13.2 Å². The molecule has 0 aliphatic carbocycles. The molecule has 0 spiro atoms. The van der Waals surface area contributed by atoms with Crippen LogP contribution in [0, 0.1) is 5.92 Å². The lowest BCUT2D eigenvalue weighted by molar-refractivity contribution is -0.192. The summed E-state index contributed by atoms with van der Waals surface area (Å²) in [5, 5.41) is 14.4. The number of halogens is 3. The molecule has 0 amide bonds. The van der Waals surface area contributed by atoms with Gasteiger partial charge in [0.05, 0.1) is 0 Å². The number of carboxylic acid groups (broad SMARTS) is 1. The summed E-state index contributed by atoms with van der Waals surface area (Å²) in [6.07, 6.45) is -2.63. The van der Waals surface area contributed by atoms with Gasteiger partial charge in [-0.3, -0.25) is 4.90 Å². The largest absolute Gasteiger partial charge is 0.490 e. The highest BCUT2D eigenvalue weighted by molar-refractivity contribution is 5.73. The number of carboxylic acids is 1. The van der Waals surface area contributed by atoms with E-state index in [-0.39, 0.29) is 0 Å². The van der Waals surface area contributed by atoms with E-state index in [1.165, 1.54) is 53.7 Å². The van der Waals surface area contributed by atoms with Crippen molar-refractivity contribution in [2.75, 3.05) is 19.6 Å². The van der Waals surface area contributed by atoms with Gasteiger partial charge in [-0.25, -0.2) is 4.79 Å². The van der Waals surface area contributed by atoms with Gasteiger partial charge in [0.1, 0.15) is 0 Å². The molecule has 0 unspecified atom stereocenters. The number of likely N-dealkylation sites (tertiary alicyclic amines) is 1. The molecule has 8 heteroatoms. The predicted molar refractivity (Wildman–Crippen MR) is 154 cm³/mol. The van der Waals surface area contributed by atoms with Crippen molar-refractivity contribution in [2.45, 2.75) is 58.5 Å². The summed E-state index contributed by atoms with van der Waals surface area (Å²) in [6.45, 7) is 10.9. The Morgan fingerprint density at radius 1 is 0.850 bits per heavy atom. The Balaban J connectivity index is 0.000000559. The van der Waals surface area contributed by atoms with Gasteiger partial charge in [0.2, 0.25) is 0 Å². The van der Waals surface area contributed by atoms with E-state index in [0.717, 1.165) is 26.2 Å². The Morgan fingerprint density at radius 3 is 1.82 bits per heavy atom. The number of rotatable bonds is 10. The summed E-state index contributed by atoms with van der Waals surface area (Å²) in [5.41, 5.74) is 6.69. The highest BCUT2D eigenvalue weighted by atomic mass is 19.4. The maximum atomic E-state index is 10.6. The number of hydrogen-bond donors (Lipinski definition) is 3. The first-order valence-corrected chi connectivity index (χ1v) is 13.8. The Hall–Kier alpha value is -3.20. The monoisotopic (exact) mass is 555 g/mol. The Bertz CT molecular complexity index is 1140. The number of aliphatic carboxylic acids is 1. The van der Waals surface area contributed by atoms with Crippen molar-refractivity contribution in [2.24, 2.45) is 5.92 Å². The molecule has 40 heavy (non-hydrogen) atoms. The van der Waals surface area contributed by atoms with E-state index in [1.54, 1.807) is 0 Å². The zero-order valence-electron chi connectivity index (χ0n) is 23.3. The highest BCUT2D eigenvalue weighted by Gasteiger charge is 2.38. The minimum absolute atomic E-state index is 0.619. The van der Waals surface area contributed by atoms with E-state index in [0.29, 0.717) is 12.0 Å². The van der Waals surface area contributed by atoms with E-state index < -0.39 is 12.1 Å². The number of nitrogens with one attached hydrogen (secondary N) is 2. The number of piperidine rings is 1. The van der Waals surface area contributed by atoms with Crippen molar-refractivity contribution in [1.29, 1.82) is 0 Å². The van der Waals surface area contributed by atoms with Gasteiger partial charge < -0.3 is 15.7 Å². The van der Waals surface area contributed by atoms with Crippen LogP contribution >= 0.6 is 0 Å². The van der Waals surface area contributed by atoms with Crippen LogP contribution in [0.25, 0.3) is 11.1 Å². The molecule has 0 aromatic heterocycles. The molecular weight excluding hydrogens is 515 g/mol. The van der Waals surface area contributed by atoms with Crippen molar-refractivity contribution in [1.82, 2.24) is 15.5 Å². The quantitative estimate of drug-likeness (QED) is 0.267. The molecule has 4 rings (SSSR count). The minimum Gasteiger partial charge on any atom is -0.475 e. The summed E-state index contributed by atoms with van der Waals surface area (Å²) in [6, 6.07) is 29.4. The molecule has 3 aromatic carbocycles. The number of nitrogens with zero attached hydrogens (tertiary/aromatic N) is 1.